The van der Waals surface area contributed by atoms with E-state index < -0.39 is 0 Å². The number of nitrogens with zero attached hydrogens (tertiary/aromatic N) is 1. The fourth-order valence-corrected chi connectivity index (χ4v) is 1.72. The van der Waals surface area contributed by atoms with Gasteiger partial charge < -0.3 is 10.6 Å². The van der Waals surface area contributed by atoms with Crippen molar-refractivity contribution < 1.29 is 0 Å². The van der Waals surface area contributed by atoms with Crippen LogP contribution in [-0.4, -0.2) is 19.0 Å². The maximum atomic E-state index is 4.61. The van der Waals surface area contributed by atoms with Crippen LogP contribution in [0.2, 0.25) is 0 Å². The van der Waals surface area contributed by atoms with Crippen molar-refractivity contribution in [2.24, 2.45) is 4.99 Å². The lowest BCUT2D eigenvalue weighted by atomic mass is 10.0. The Morgan fingerprint density at radius 1 is 1.00 bits per heavy atom. The minimum Gasteiger partial charge on any atom is -0.354 e. The molecule has 2 rings (SSSR count). The van der Waals surface area contributed by atoms with Gasteiger partial charge in [-0.25, -0.2) is 4.99 Å². The molecule has 1 aliphatic rings. The predicted octanol–water partition coefficient (Wildman–Crippen LogP) is 1.79. The third kappa shape index (κ3) is 1.96. The third-order valence-electron chi connectivity index (χ3n) is 2.84. The number of nitrogens with one attached hydrogen (secondary N) is 2. The lowest BCUT2D eigenvalue weighted by Crippen LogP contribution is -2.23. The zero-order valence-electron chi connectivity index (χ0n) is 9.52. The molecule has 0 amide bonds. The Bertz CT molecular complexity index is 400. The Kier molecular flexibility index (Phi) is 2.62. The highest BCUT2D eigenvalue weighted by Crippen LogP contribution is 2.26. The molecule has 1 heterocycles. The molecule has 0 spiro atoms. The molecular weight excluding hydrogens is 186 g/mol. The number of guanidine groups is 1. The fraction of sp³-hybridized carbons (Fsp3) is 0.417. The smallest absolute Gasteiger partial charge is 0.196 e. The molecule has 2 N–H and O–H groups in total. The second-order valence-corrected chi connectivity index (χ2v) is 3.99. The first-order chi connectivity index (χ1) is 7.18. The summed E-state index contributed by atoms with van der Waals surface area (Å²) in [6, 6.07) is 4.26. The Labute approximate surface area is 90.6 Å². The van der Waals surface area contributed by atoms with Gasteiger partial charge in [-0.15, -0.1) is 0 Å². The van der Waals surface area contributed by atoms with E-state index in [1.54, 1.807) is 0 Å². The Balaban J connectivity index is 2.42. The molecule has 80 valence electrons. The molecule has 1 saturated heterocycles. The van der Waals surface area contributed by atoms with Gasteiger partial charge in [0.25, 0.3) is 0 Å². The number of benzene rings is 1. The summed E-state index contributed by atoms with van der Waals surface area (Å²) in [7, 11) is 0. The number of rotatable bonds is 1. The molecule has 1 aromatic rings. The van der Waals surface area contributed by atoms with Crippen molar-refractivity contribution in [1.82, 2.24) is 10.6 Å². The summed E-state index contributed by atoms with van der Waals surface area (Å²) in [5.41, 5.74) is 4.86. The maximum Gasteiger partial charge on any atom is 0.196 e. The van der Waals surface area contributed by atoms with Gasteiger partial charge in [0.05, 0.1) is 5.69 Å². The minimum absolute atomic E-state index is 0.895. The molecular formula is C12H17N3. The van der Waals surface area contributed by atoms with E-state index in [0.29, 0.717) is 0 Å². The molecule has 0 atom stereocenters. The summed E-state index contributed by atoms with van der Waals surface area (Å²) < 4.78 is 0. The van der Waals surface area contributed by atoms with Crippen LogP contribution in [0, 0.1) is 20.8 Å². The lowest BCUT2D eigenvalue weighted by Gasteiger charge is -2.08. The summed E-state index contributed by atoms with van der Waals surface area (Å²) in [5.74, 6) is 0.895. The van der Waals surface area contributed by atoms with Gasteiger partial charge in [0.2, 0.25) is 0 Å². The van der Waals surface area contributed by atoms with Crippen LogP contribution in [0.15, 0.2) is 17.1 Å². The van der Waals surface area contributed by atoms with Crippen molar-refractivity contribution in [3.8, 4) is 0 Å². The topological polar surface area (TPSA) is 36.4 Å². The molecule has 0 aliphatic carbocycles. The maximum absolute atomic E-state index is 4.61. The average molecular weight is 203 g/mol. The van der Waals surface area contributed by atoms with Crippen molar-refractivity contribution in [1.29, 1.82) is 0 Å². The minimum atomic E-state index is 0.895. The number of hydrogen-bond donors (Lipinski definition) is 2. The van der Waals surface area contributed by atoms with E-state index in [1.807, 2.05) is 0 Å². The van der Waals surface area contributed by atoms with E-state index in [2.05, 4.69) is 48.5 Å². The monoisotopic (exact) mass is 203 g/mol. The zero-order valence-corrected chi connectivity index (χ0v) is 9.52. The first-order valence-corrected chi connectivity index (χ1v) is 5.32. The highest BCUT2D eigenvalue weighted by Gasteiger charge is 2.08. The molecule has 0 bridgehead atoms. The molecule has 0 radical (unpaired) electrons. The molecule has 1 aromatic carbocycles. The SMILES string of the molecule is Cc1ccc(C)c(N=C2NCCN2)c1C. The van der Waals surface area contributed by atoms with E-state index in [1.165, 1.54) is 16.7 Å². The van der Waals surface area contributed by atoms with Gasteiger partial charge in [0.1, 0.15) is 0 Å². The molecule has 3 nitrogen and oxygen atoms in total. The van der Waals surface area contributed by atoms with Gasteiger partial charge in [-0.05, 0) is 37.5 Å². The largest absolute Gasteiger partial charge is 0.354 e. The number of aliphatic imine (C=N–C) groups is 1. The molecule has 3 heteroatoms. The van der Waals surface area contributed by atoms with Crippen LogP contribution in [0.4, 0.5) is 5.69 Å². The second-order valence-electron chi connectivity index (χ2n) is 3.99. The summed E-state index contributed by atoms with van der Waals surface area (Å²) in [5, 5.41) is 6.44. The van der Waals surface area contributed by atoms with Crippen LogP contribution in [0.1, 0.15) is 16.7 Å². The van der Waals surface area contributed by atoms with Gasteiger partial charge in [-0.3, -0.25) is 0 Å². The molecule has 1 aliphatic heterocycles. The normalized spacial score (nSPS) is 14.7. The molecule has 0 aromatic heterocycles. The van der Waals surface area contributed by atoms with Crippen LogP contribution in [0.25, 0.3) is 0 Å². The first-order valence-electron chi connectivity index (χ1n) is 5.32. The standard InChI is InChI=1S/C12H17N3/c1-8-4-5-9(2)11(10(8)3)15-12-13-6-7-14-12/h4-5H,6-7H2,1-3H3,(H2,13,14,15). The molecule has 1 fully saturated rings. The molecule has 0 unspecified atom stereocenters. The summed E-state index contributed by atoms with van der Waals surface area (Å²) >= 11 is 0. The van der Waals surface area contributed by atoms with E-state index in [-0.39, 0.29) is 0 Å². The van der Waals surface area contributed by atoms with E-state index in [0.717, 1.165) is 24.7 Å². The predicted molar refractivity (Wildman–Crippen MR) is 63.8 cm³/mol. The third-order valence-corrected chi connectivity index (χ3v) is 2.84. The van der Waals surface area contributed by atoms with Crippen LogP contribution < -0.4 is 10.6 Å². The van der Waals surface area contributed by atoms with Crippen molar-refractivity contribution in [2.75, 3.05) is 13.1 Å². The van der Waals surface area contributed by atoms with Crippen molar-refractivity contribution >= 4 is 11.6 Å². The average Bonchev–Trinajstić information content (AvgIpc) is 2.71. The van der Waals surface area contributed by atoms with Gasteiger partial charge in [0, 0.05) is 13.1 Å². The molecule has 0 saturated carbocycles. The van der Waals surface area contributed by atoms with Gasteiger partial charge in [0.15, 0.2) is 5.96 Å². The van der Waals surface area contributed by atoms with Gasteiger partial charge in [-0.2, -0.15) is 0 Å². The highest BCUT2D eigenvalue weighted by atomic mass is 15.2. The number of aryl methyl sites for hydroxylation is 2. The Morgan fingerprint density at radius 2 is 1.60 bits per heavy atom. The summed E-state index contributed by atoms with van der Waals surface area (Å²) in [6.07, 6.45) is 0. The van der Waals surface area contributed by atoms with Gasteiger partial charge in [-0.1, -0.05) is 12.1 Å². The fourth-order valence-electron chi connectivity index (χ4n) is 1.72. The Hall–Kier alpha value is -1.51. The van der Waals surface area contributed by atoms with E-state index in [4.69, 9.17) is 0 Å². The van der Waals surface area contributed by atoms with Crippen molar-refractivity contribution in [3.05, 3.63) is 28.8 Å². The number of hydrogen-bond acceptors (Lipinski definition) is 1. The summed E-state index contributed by atoms with van der Waals surface area (Å²) in [4.78, 5) is 4.61. The van der Waals surface area contributed by atoms with Crippen LogP contribution in [0.5, 0.6) is 0 Å². The van der Waals surface area contributed by atoms with Crippen LogP contribution >= 0.6 is 0 Å². The highest BCUT2D eigenvalue weighted by molar-refractivity contribution is 5.85. The Morgan fingerprint density at radius 3 is 2.27 bits per heavy atom. The first kappa shape index (κ1) is 10.0. The quantitative estimate of drug-likeness (QED) is 0.730. The second kappa shape index (κ2) is 3.93. The van der Waals surface area contributed by atoms with Crippen LogP contribution in [-0.2, 0) is 0 Å². The van der Waals surface area contributed by atoms with Gasteiger partial charge >= 0.3 is 0 Å². The van der Waals surface area contributed by atoms with E-state index >= 15 is 0 Å². The van der Waals surface area contributed by atoms with Crippen molar-refractivity contribution in [3.63, 3.8) is 0 Å². The van der Waals surface area contributed by atoms with Crippen molar-refractivity contribution in [2.45, 2.75) is 20.8 Å². The lowest BCUT2D eigenvalue weighted by molar-refractivity contribution is 0.942. The van der Waals surface area contributed by atoms with Crippen LogP contribution in [0.3, 0.4) is 0 Å². The summed E-state index contributed by atoms with van der Waals surface area (Å²) in [6.45, 7) is 8.26. The zero-order chi connectivity index (χ0) is 10.8. The van der Waals surface area contributed by atoms with E-state index in [9.17, 15) is 0 Å². The molecule has 15 heavy (non-hydrogen) atoms.